The quantitative estimate of drug-likeness (QED) is 0.735. The van der Waals surface area contributed by atoms with Gasteiger partial charge in [-0.1, -0.05) is 20.8 Å². The summed E-state index contributed by atoms with van der Waals surface area (Å²) in [4.78, 5) is 16.7. The Morgan fingerprint density at radius 2 is 1.79 bits per heavy atom. The Labute approximate surface area is 140 Å². The van der Waals surface area contributed by atoms with Crippen LogP contribution in [0.1, 0.15) is 52.9 Å². The lowest BCUT2D eigenvalue weighted by atomic mass is 9.87. The first-order valence-corrected chi connectivity index (χ1v) is 7.89. The number of benzene rings is 1. The van der Waals surface area contributed by atoms with E-state index in [-0.39, 0.29) is 16.5 Å². The van der Waals surface area contributed by atoms with Crippen LogP contribution in [-0.4, -0.2) is 21.2 Å². The van der Waals surface area contributed by atoms with E-state index >= 15 is 0 Å². The average molecular weight is 338 g/mol. The first-order valence-electron chi connectivity index (χ1n) is 7.89. The molecule has 0 atom stereocenters. The highest BCUT2D eigenvalue weighted by Gasteiger charge is 2.27. The minimum atomic E-state index is -0.994. The van der Waals surface area contributed by atoms with Gasteiger partial charge in [0.15, 0.2) is 11.6 Å². The Hall–Kier alpha value is -1.98. The summed E-state index contributed by atoms with van der Waals surface area (Å²) < 4.78 is 35.0. The van der Waals surface area contributed by atoms with E-state index in [1.165, 1.54) is 4.57 Å². The lowest BCUT2D eigenvalue weighted by Gasteiger charge is -2.20. The molecule has 0 aliphatic rings. The molecule has 1 aromatic heterocycles. The molecule has 0 fully saturated rings. The summed E-state index contributed by atoms with van der Waals surface area (Å²) >= 11 is 0. The third kappa shape index (κ3) is 3.74. The summed E-state index contributed by atoms with van der Waals surface area (Å²) in [5, 5.41) is 0. The highest BCUT2D eigenvalue weighted by Crippen LogP contribution is 2.31. The number of carbonyl (C=O) groups excluding carboxylic acids is 1. The standard InChI is InChI=1S/C18H24F2N2O2/c1-10-21-15-11(9-17(2,3)4)14(20)12(19)8-13(15)22(10)16(23)24-18(5,6)7/h8H,9H2,1-7H3. The van der Waals surface area contributed by atoms with Crippen LogP contribution in [0, 0.1) is 24.0 Å². The number of hydrogen-bond acceptors (Lipinski definition) is 3. The molecule has 0 spiro atoms. The van der Waals surface area contributed by atoms with Gasteiger partial charge in [0.25, 0.3) is 0 Å². The molecule has 0 bridgehead atoms. The van der Waals surface area contributed by atoms with Crippen molar-refractivity contribution < 1.29 is 18.3 Å². The minimum Gasteiger partial charge on any atom is -0.443 e. The molecule has 2 rings (SSSR count). The van der Waals surface area contributed by atoms with E-state index in [0.29, 0.717) is 17.8 Å². The Morgan fingerprint density at radius 1 is 1.21 bits per heavy atom. The predicted molar refractivity (Wildman–Crippen MR) is 89.2 cm³/mol. The zero-order valence-electron chi connectivity index (χ0n) is 15.3. The van der Waals surface area contributed by atoms with Crippen molar-refractivity contribution in [1.82, 2.24) is 9.55 Å². The van der Waals surface area contributed by atoms with Gasteiger partial charge in [-0.05, 0) is 39.5 Å². The zero-order chi connectivity index (χ0) is 18.4. The van der Waals surface area contributed by atoms with Gasteiger partial charge in [-0.2, -0.15) is 0 Å². The van der Waals surface area contributed by atoms with Crippen LogP contribution in [0.4, 0.5) is 13.6 Å². The van der Waals surface area contributed by atoms with Crippen molar-refractivity contribution >= 4 is 17.1 Å². The van der Waals surface area contributed by atoms with Crippen molar-refractivity contribution in [3.63, 3.8) is 0 Å². The second-order valence-corrected chi connectivity index (χ2v) is 8.23. The normalized spacial score (nSPS) is 12.7. The third-order valence-electron chi connectivity index (χ3n) is 3.39. The smallest absolute Gasteiger partial charge is 0.420 e. The van der Waals surface area contributed by atoms with E-state index in [1.807, 2.05) is 20.8 Å². The maximum absolute atomic E-state index is 14.3. The van der Waals surface area contributed by atoms with Crippen LogP contribution < -0.4 is 0 Å². The molecule has 0 radical (unpaired) electrons. The van der Waals surface area contributed by atoms with Crippen molar-refractivity contribution in [3.05, 3.63) is 29.1 Å². The van der Waals surface area contributed by atoms with Gasteiger partial charge in [-0.25, -0.2) is 23.1 Å². The van der Waals surface area contributed by atoms with E-state index in [9.17, 15) is 13.6 Å². The van der Waals surface area contributed by atoms with Gasteiger partial charge >= 0.3 is 6.09 Å². The number of fused-ring (bicyclic) bond motifs is 1. The fourth-order valence-electron chi connectivity index (χ4n) is 2.57. The van der Waals surface area contributed by atoms with Crippen molar-refractivity contribution in [2.75, 3.05) is 0 Å². The summed E-state index contributed by atoms with van der Waals surface area (Å²) in [7, 11) is 0. The van der Waals surface area contributed by atoms with E-state index in [4.69, 9.17) is 4.74 Å². The van der Waals surface area contributed by atoms with E-state index in [1.54, 1.807) is 27.7 Å². The summed E-state index contributed by atoms with van der Waals surface area (Å²) in [5.41, 5.74) is -0.257. The van der Waals surface area contributed by atoms with Gasteiger partial charge in [-0.15, -0.1) is 0 Å². The first kappa shape index (κ1) is 18.4. The van der Waals surface area contributed by atoms with Crippen molar-refractivity contribution in [2.24, 2.45) is 5.41 Å². The van der Waals surface area contributed by atoms with Gasteiger partial charge in [0.2, 0.25) is 0 Å². The third-order valence-corrected chi connectivity index (χ3v) is 3.39. The van der Waals surface area contributed by atoms with Crippen LogP contribution in [0.25, 0.3) is 11.0 Å². The maximum atomic E-state index is 14.3. The second-order valence-electron chi connectivity index (χ2n) is 8.23. The molecule has 132 valence electrons. The number of carbonyl (C=O) groups is 1. The molecule has 1 heterocycles. The summed E-state index contributed by atoms with van der Waals surface area (Å²) in [5.74, 6) is -1.57. The second kappa shape index (κ2) is 5.83. The lowest BCUT2D eigenvalue weighted by Crippen LogP contribution is -2.27. The zero-order valence-corrected chi connectivity index (χ0v) is 15.3. The van der Waals surface area contributed by atoms with Gasteiger partial charge in [0.1, 0.15) is 11.4 Å². The van der Waals surface area contributed by atoms with Crippen molar-refractivity contribution in [2.45, 2.75) is 60.5 Å². The molecule has 6 heteroatoms. The molecule has 0 aliphatic heterocycles. The highest BCUT2D eigenvalue weighted by molar-refractivity contribution is 5.89. The Balaban J connectivity index is 2.69. The van der Waals surface area contributed by atoms with Gasteiger partial charge < -0.3 is 4.74 Å². The number of halogens is 2. The molecule has 0 amide bonds. The van der Waals surface area contributed by atoms with Gasteiger partial charge in [0, 0.05) is 11.6 Å². The number of ether oxygens (including phenoxy) is 1. The van der Waals surface area contributed by atoms with Crippen LogP contribution in [-0.2, 0) is 11.2 Å². The fourth-order valence-corrected chi connectivity index (χ4v) is 2.57. The number of imidazole rings is 1. The number of aryl methyl sites for hydroxylation is 1. The SMILES string of the molecule is Cc1nc2c(CC(C)(C)C)c(F)c(F)cc2n1C(=O)OC(C)(C)C. The lowest BCUT2D eigenvalue weighted by molar-refractivity contribution is 0.0540. The molecule has 24 heavy (non-hydrogen) atoms. The topological polar surface area (TPSA) is 44.1 Å². The molecule has 4 nitrogen and oxygen atoms in total. The monoisotopic (exact) mass is 338 g/mol. The first-order chi connectivity index (χ1) is 10.8. The van der Waals surface area contributed by atoms with Gasteiger partial charge in [0.05, 0.1) is 11.0 Å². The summed E-state index contributed by atoms with van der Waals surface area (Å²) in [6.45, 7) is 12.6. The molecule has 0 saturated heterocycles. The fraction of sp³-hybridized carbons (Fsp3) is 0.556. The molecule has 0 unspecified atom stereocenters. The Kier molecular flexibility index (Phi) is 4.46. The summed E-state index contributed by atoms with van der Waals surface area (Å²) in [6.07, 6.45) is -0.354. The maximum Gasteiger partial charge on any atom is 0.420 e. The highest BCUT2D eigenvalue weighted by atomic mass is 19.2. The molecular weight excluding hydrogens is 314 g/mol. The number of hydrogen-bond donors (Lipinski definition) is 0. The van der Waals surface area contributed by atoms with E-state index in [0.717, 1.165) is 6.07 Å². The van der Waals surface area contributed by atoms with Crippen LogP contribution in [0.15, 0.2) is 6.07 Å². The number of aromatic nitrogens is 2. The van der Waals surface area contributed by atoms with Crippen molar-refractivity contribution in [1.29, 1.82) is 0 Å². The van der Waals surface area contributed by atoms with E-state index in [2.05, 4.69) is 4.98 Å². The predicted octanol–water partition coefficient (Wildman–Crippen LogP) is 4.99. The Morgan fingerprint density at radius 3 is 2.29 bits per heavy atom. The Bertz CT molecular complexity index is 796. The number of nitrogens with zero attached hydrogens (tertiary/aromatic N) is 2. The van der Waals surface area contributed by atoms with Crippen LogP contribution >= 0.6 is 0 Å². The molecule has 0 N–H and O–H groups in total. The van der Waals surface area contributed by atoms with E-state index < -0.39 is 23.3 Å². The molecule has 0 saturated carbocycles. The van der Waals surface area contributed by atoms with Crippen LogP contribution in [0.3, 0.4) is 0 Å². The van der Waals surface area contributed by atoms with Crippen LogP contribution in [0.5, 0.6) is 0 Å². The molecule has 2 aromatic rings. The molecule has 1 aromatic carbocycles. The minimum absolute atomic E-state index is 0.183. The molecular formula is C18H24F2N2O2. The number of rotatable bonds is 1. The van der Waals surface area contributed by atoms with Crippen molar-refractivity contribution in [3.8, 4) is 0 Å². The summed E-state index contributed by atoms with van der Waals surface area (Å²) in [6, 6.07) is 1.00. The van der Waals surface area contributed by atoms with Crippen LogP contribution in [0.2, 0.25) is 0 Å². The molecule has 0 aliphatic carbocycles. The average Bonchev–Trinajstić information content (AvgIpc) is 2.68. The largest absolute Gasteiger partial charge is 0.443 e. The van der Waals surface area contributed by atoms with Gasteiger partial charge in [-0.3, -0.25) is 0 Å².